The normalized spacial score (nSPS) is 15.9. The van der Waals surface area contributed by atoms with Crippen LogP contribution in [0.3, 0.4) is 0 Å². The van der Waals surface area contributed by atoms with Gasteiger partial charge in [-0.2, -0.15) is 0 Å². The number of carbonyl (C=O) groups excluding carboxylic acids is 1. The van der Waals surface area contributed by atoms with E-state index in [0.29, 0.717) is 23.6 Å². The summed E-state index contributed by atoms with van der Waals surface area (Å²) in [5.41, 5.74) is 2.07. The number of benzene rings is 2. The third-order valence-electron chi connectivity index (χ3n) is 4.33. The van der Waals surface area contributed by atoms with Crippen LogP contribution < -0.4 is 4.90 Å². The maximum Gasteiger partial charge on any atom is 0.271 e. The van der Waals surface area contributed by atoms with Crippen molar-refractivity contribution in [2.24, 2.45) is 5.16 Å². The number of oxime groups is 1. The van der Waals surface area contributed by atoms with E-state index in [1.165, 1.54) is 23.3 Å². The van der Waals surface area contributed by atoms with Crippen molar-refractivity contribution in [1.82, 2.24) is 0 Å². The number of hydrogen-bond acceptors (Lipinski definition) is 4. The lowest BCUT2D eigenvalue weighted by molar-refractivity contribution is -0.128. The first kappa shape index (κ1) is 17.0. The molecule has 0 N–H and O–H groups in total. The summed E-state index contributed by atoms with van der Waals surface area (Å²) in [5, 5.41) is 4.07. The lowest BCUT2D eigenvalue weighted by Crippen LogP contribution is -2.39. The first-order chi connectivity index (χ1) is 13.2. The van der Waals surface area contributed by atoms with Gasteiger partial charge in [-0.3, -0.25) is 4.79 Å². The van der Waals surface area contributed by atoms with Crippen LogP contribution in [-0.2, 0) is 16.2 Å². The molecule has 1 aromatic heterocycles. The Morgan fingerprint density at radius 3 is 2.70 bits per heavy atom. The minimum Gasteiger partial charge on any atom is -0.467 e. The number of amides is 1. The van der Waals surface area contributed by atoms with E-state index >= 15 is 0 Å². The molecule has 2 aromatic carbocycles. The van der Waals surface area contributed by atoms with Crippen LogP contribution in [0.2, 0.25) is 0 Å². The topological polar surface area (TPSA) is 55.0 Å². The van der Waals surface area contributed by atoms with E-state index in [9.17, 15) is 9.18 Å². The van der Waals surface area contributed by atoms with Gasteiger partial charge >= 0.3 is 0 Å². The van der Waals surface area contributed by atoms with E-state index in [1.807, 2.05) is 30.3 Å². The van der Waals surface area contributed by atoms with Gasteiger partial charge in [-0.1, -0.05) is 41.6 Å². The van der Waals surface area contributed by atoms with Crippen LogP contribution in [0.25, 0.3) is 0 Å². The molecule has 2 heterocycles. The molecule has 0 saturated carbocycles. The first-order valence-electron chi connectivity index (χ1n) is 8.58. The van der Waals surface area contributed by atoms with Gasteiger partial charge in [0.2, 0.25) is 6.10 Å². The molecule has 1 aliphatic heterocycles. The summed E-state index contributed by atoms with van der Waals surface area (Å²) in [6.07, 6.45) is 1.12. The molecule has 6 heteroatoms. The van der Waals surface area contributed by atoms with Crippen molar-refractivity contribution >= 4 is 17.3 Å². The maximum atomic E-state index is 13.7. The summed E-state index contributed by atoms with van der Waals surface area (Å²) in [7, 11) is 0. The van der Waals surface area contributed by atoms with Gasteiger partial charge < -0.3 is 14.2 Å². The predicted octanol–water partition coefficient (Wildman–Crippen LogP) is 4.15. The summed E-state index contributed by atoms with van der Waals surface area (Å²) < 4.78 is 19.1. The molecule has 0 aliphatic carbocycles. The fraction of sp³-hybridized carbons (Fsp3) is 0.143. The zero-order valence-corrected chi connectivity index (χ0v) is 14.4. The van der Waals surface area contributed by atoms with E-state index < -0.39 is 11.9 Å². The minimum absolute atomic E-state index is 0.176. The Morgan fingerprint density at radius 2 is 1.96 bits per heavy atom. The van der Waals surface area contributed by atoms with Gasteiger partial charge in [0.15, 0.2) is 0 Å². The van der Waals surface area contributed by atoms with Crippen LogP contribution in [0, 0.1) is 5.82 Å². The highest BCUT2D eigenvalue weighted by Gasteiger charge is 2.33. The summed E-state index contributed by atoms with van der Waals surface area (Å²) >= 11 is 0. The van der Waals surface area contributed by atoms with Crippen molar-refractivity contribution < 1.29 is 18.4 Å². The minimum atomic E-state index is -0.765. The molecule has 0 bridgehead atoms. The van der Waals surface area contributed by atoms with Crippen molar-refractivity contribution in [3.05, 3.63) is 90.1 Å². The van der Waals surface area contributed by atoms with Gasteiger partial charge in [0.25, 0.3) is 5.91 Å². The Bertz CT molecular complexity index is 955. The molecule has 1 amide bonds. The van der Waals surface area contributed by atoms with E-state index in [0.717, 1.165) is 5.56 Å². The number of halogens is 1. The van der Waals surface area contributed by atoms with Crippen LogP contribution in [0.4, 0.5) is 10.1 Å². The predicted molar refractivity (Wildman–Crippen MR) is 98.8 cm³/mol. The van der Waals surface area contributed by atoms with Crippen LogP contribution >= 0.6 is 0 Å². The number of carbonyl (C=O) groups is 1. The van der Waals surface area contributed by atoms with Crippen molar-refractivity contribution in [2.75, 3.05) is 4.90 Å². The second-order valence-electron chi connectivity index (χ2n) is 6.19. The number of rotatable bonds is 5. The van der Waals surface area contributed by atoms with Gasteiger partial charge in [0.1, 0.15) is 11.6 Å². The van der Waals surface area contributed by atoms with Crippen LogP contribution in [0.5, 0.6) is 0 Å². The van der Waals surface area contributed by atoms with E-state index in [4.69, 9.17) is 9.25 Å². The third kappa shape index (κ3) is 3.74. The highest BCUT2D eigenvalue weighted by atomic mass is 19.1. The largest absolute Gasteiger partial charge is 0.467 e. The molecule has 27 heavy (non-hydrogen) atoms. The molecule has 1 unspecified atom stereocenters. The Labute approximate surface area is 155 Å². The average molecular weight is 364 g/mol. The summed E-state index contributed by atoms with van der Waals surface area (Å²) in [5.74, 6) is -0.125. The van der Waals surface area contributed by atoms with Gasteiger partial charge in [-0.25, -0.2) is 4.39 Å². The Balaban J connectivity index is 1.56. The molecule has 0 spiro atoms. The molecular weight excluding hydrogens is 347 g/mol. The van der Waals surface area contributed by atoms with Gasteiger partial charge in [0, 0.05) is 12.1 Å². The Hall–Kier alpha value is -3.41. The second kappa shape index (κ2) is 7.45. The van der Waals surface area contributed by atoms with Crippen LogP contribution in [-0.4, -0.2) is 17.7 Å². The molecule has 0 saturated heterocycles. The molecule has 0 radical (unpaired) electrons. The van der Waals surface area contributed by atoms with Crippen LogP contribution in [0.1, 0.15) is 17.7 Å². The molecule has 0 fully saturated rings. The zero-order chi connectivity index (χ0) is 18.6. The highest BCUT2D eigenvalue weighted by Crippen LogP contribution is 2.24. The third-order valence-corrected chi connectivity index (χ3v) is 4.33. The average Bonchev–Trinajstić information content (AvgIpc) is 3.38. The number of nitrogens with zero attached hydrogens (tertiary/aromatic N) is 2. The van der Waals surface area contributed by atoms with Crippen molar-refractivity contribution in [2.45, 2.75) is 19.1 Å². The van der Waals surface area contributed by atoms with Crippen molar-refractivity contribution in [1.29, 1.82) is 0 Å². The molecule has 4 rings (SSSR count). The fourth-order valence-electron chi connectivity index (χ4n) is 2.98. The number of hydrogen-bond donors (Lipinski definition) is 0. The van der Waals surface area contributed by atoms with Crippen molar-refractivity contribution in [3.63, 3.8) is 0 Å². The molecule has 136 valence electrons. The molecule has 1 atom stereocenters. The monoisotopic (exact) mass is 364 g/mol. The lowest BCUT2D eigenvalue weighted by Gasteiger charge is -2.24. The van der Waals surface area contributed by atoms with Gasteiger partial charge in [0.05, 0.1) is 18.5 Å². The van der Waals surface area contributed by atoms with Gasteiger partial charge in [-0.15, -0.1) is 0 Å². The van der Waals surface area contributed by atoms with E-state index in [-0.39, 0.29) is 12.5 Å². The highest BCUT2D eigenvalue weighted by molar-refractivity contribution is 6.06. The smallest absolute Gasteiger partial charge is 0.271 e. The fourth-order valence-corrected chi connectivity index (χ4v) is 2.98. The van der Waals surface area contributed by atoms with Crippen LogP contribution in [0.15, 0.2) is 82.6 Å². The molecular formula is C21H17FN2O3. The molecule has 5 nitrogen and oxygen atoms in total. The molecule has 1 aliphatic rings. The zero-order valence-electron chi connectivity index (χ0n) is 14.4. The lowest BCUT2D eigenvalue weighted by atomic mass is 10.0. The molecule has 3 aromatic rings. The maximum absolute atomic E-state index is 13.7. The van der Waals surface area contributed by atoms with Crippen molar-refractivity contribution in [3.8, 4) is 0 Å². The van der Waals surface area contributed by atoms with E-state index in [1.54, 1.807) is 24.3 Å². The summed E-state index contributed by atoms with van der Waals surface area (Å²) in [4.78, 5) is 20.0. The Kier molecular flexibility index (Phi) is 4.70. The summed E-state index contributed by atoms with van der Waals surface area (Å²) in [6, 6.07) is 19.0. The quantitative estimate of drug-likeness (QED) is 0.684. The standard InChI is InChI=1S/C21H17FN2O3/c22-16-8-4-9-17(12-16)24(14-18-10-5-11-26-18)21(25)20-13-19(23-27-20)15-6-2-1-3-7-15/h1-12,20H,13-14H2. The first-order valence-corrected chi connectivity index (χ1v) is 8.58. The number of furan rings is 1. The summed E-state index contributed by atoms with van der Waals surface area (Å²) in [6.45, 7) is 0.176. The Morgan fingerprint density at radius 1 is 1.11 bits per heavy atom. The number of anilines is 1. The second-order valence-corrected chi connectivity index (χ2v) is 6.19. The van der Waals surface area contributed by atoms with E-state index in [2.05, 4.69) is 5.16 Å². The van der Waals surface area contributed by atoms with Gasteiger partial charge in [-0.05, 0) is 35.9 Å². The SMILES string of the molecule is O=C(C1CC(c2ccccc2)=NO1)N(Cc1ccco1)c1cccc(F)c1.